The third-order valence-electron chi connectivity index (χ3n) is 6.07. The second-order valence-corrected chi connectivity index (χ2v) is 9.22. The van der Waals surface area contributed by atoms with Crippen molar-refractivity contribution in [3.05, 3.63) is 34.7 Å². The van der Waals surface area contributed by atoms with Gasteiger partial charge in [-0.25, -0.2) is 4.98 Å². The van der Waals surface area contributed by atoms with Crippen molar-refractivity contribution >= 4 is 40.0 Å². The van der Waals surface area contributed by atoms with Crippen LogP contribution in [-0.2, 0) is 16.0 Å². The molecule has 2 atom stereocenters. The molecule has 0 bridgehead atoms. The minimum absolute atomic E-state index is 0.0905. The Kier molecular flexibility index (Phi) is 6.40. The number of piperazine rings is 1. The van der Waals surface area contributed by atoms with Crippen LogP contribution < -0.4 is 5.32 Å². The van der Waals surface area contributed by atoms with E-state index in [2.05, 4.69) is 10.3 Å². The molecule has 1 fully saturated rings. The van der Waals surface area contributed by atoms with E-state index < -0.39 is 5.92 Å². The zero-order valence-electron chi connectivity index (χ0n) is 18.1. The van der Waals surface area contributed by atoms with E-state index in [-0.39, 0.29) is 41.6 Å². The zero-order valence-corrected chi connectivity index (χ0v) is 18.9. The lowest BCUT2D eigenvalue weighted by Crippen LogP contribution is -2.52. The number of carbonyl (C=O) groups excluding carboxylic acids is 4. The van der Waals surface area contributed by atoms with E-state index >= 15 is 0 Å². The highest BCUT2D eigenvalue weighted by atomic mass is 32.1. The van der Waals surface area contributed by atoms with Crippen molar-refractivity contribution in [2.45, 2.75) is 33.1 Å². The number of furan rings is 1. The van der Waals surface area contributed by atoms with Crippen molar-refractivity contribution in [1.82, 2.24) is 14.8 Å². The Balaban J connectivity index is 1.37. The molecule has 2 aromatic heterocycles. The van der Waals surface area contributed by atoms with Gasteiger partial charge in [0.15, 0.2) is 16.7 Å². The predicted molar refractivity (Wildman–Crippen MR) is 118 cm³/mol. The van der Waals surface area contributed by atoms with Gasteiger partial charge in [-0.3, -0.25) is 19.2 Å². The van der Waals surface area contributed by atoms with E-state index in [0.717, 1.165) is 0 Å². The van der Waals surface area contributed by atoms with Crippen LogP contribution in [0.4, 0.5) is 5.13 Å². The highest BCUT2D eigenvalue weighted by molar-refractivity contribution is 7.17. The number of hydrogen-bond acceptors (Lipinski definition) is 7. The smallest absolute Gasteiger partial charge is 0.289 e. The van der Waals surface area contributed by atoms with Crippen LogP contribution in [0.25, 0.3) is 0 Å². The Labute approximate surface area is 189 Å². The Morgan fingerprint density at radius 3 is 2.59 bits per heavy atom. The van der Waals surface area contributed by atoms with E-state index in [4.69, 9.17) is 4.42 Å². The minimum Gasteiger partial charge on any atom is -0.459 e. The number of fused-ring (bicyclic) bond motifs is 1. The van der Waals surface area contributed by atoms with Crippen molar-refractivity contribution in [1.29, 1.82) is 0 Å². The summed E-state index contributed by atoms with van der Waals surface area (Å²) >= 11 is 1.18. The van der Waals surface area contributed by atoms with Gasteiger partial charge in [0.2, 0.25) is 11.8 Å². The maximum absolute atomic E-state index is 13.1. The first-order chi connectivity index (χ1) is 15.4. The lowest BCUT2D eigenvalue weighted by atomic mass is 9.88. The Morgan fingerprint density at radius 1 is 1.22 bits per heavy atom. The summed E-state index contributed by atoms with van der Waals surface area (Å²) < 4.78 is 5.17. The van der Waals surface area contributed by atoms with Crippen LogP contribution in [0.15, 0.2) is 22.8 Å². The van der Waals surface area contributed by atoms with Gasteiger partial charge in [0.05, 0.1) is 22.8 Å². The molecule has 1 aliphatic carbocycles. The van der Waals surface area contributed by atoms with Crippen molar-refractivity contribution in [2.75, 3.05) is 31.5 Å². The van der Waals surface area contributed by atoms with E-state index in [1.165, 1.54) is 17.6 Å². The largest absolute Gasteiger partial charge is 0.459 e. The highest BCUT2D eigenvalue weighted by Gasteiger charge is 2.36. The quantitative estimate of drug-likeness (QED) is 0.736. The lowest BCUT2D eigenvalue weighted by Gasteiger charge is -2.36. The van der Waals surface area contributed by atoms with Crippen LogP contribution in [0.5, 0.6) is 0 Å². The van der Waals surface area contributed by atoms with E-state index in [1.807, 2.05) is 13.8 Å². The molecule has 170 valence electrons. The molecule has 3 heterocycles. The maximum Gasteiger partial charge on any atom is 0.289 e. The molecule has 1 N–H and O–H groups in total. The fraction of sp³-hybridized carbons (Fsp3) is 0.500. The molecule has 2 unspecified atom stereocenters. The molecule has 0 radical (unpaired) electrons. The molecular weight excluding hydrogens is 432 g/mol. The van der Waals surface area contributed by atoms with E-state index in [0.29, 0.717) is 54.7 Å². The normalized spacial score (nSPS) is 19.4. The molecule has 0 aromatic carbocycles. The Hall–Kier alpha value is -3.01. The summed E-state index contributed by atoms with van der Waals surface area (Å²) in [6.45, 7) is 5.43. The molecular formula is C22H26N4O5S. The molecule has 4 rings (SSSR count). The second-order valence-electron chi connectivity index (χ2n) is 8.22. The summed E-state index contributed by atoms with van der Waals surface area (Å²) in [5, 5.41) is 3.19. The van der Waals surface area contributed by atoms with Crippen LogP contribution in [0.1, 0.15) is 52.6 Å². The topological polar surface area (TPSA) is 113 Å². The van der Waals surface area contributed by atoms with Gasteiger partial charge in [-0.15, -0.1) is 0 Å². The van der Waals surface area contributed by atoms with Crippen molar-refractivity contribution < 1.29 is 23.6 Å². The van der Waals surface area contributed by atoms with Crippen molar-refractivity contribution in [3.8, 4) is 0 Å². The van der Waals surface area contributed by atoms with Crippen molar-refractivity contribution in [3.63, 3.8) is 0 Å². The number of ketones is 1. The summed E-state index contributed by atoms with van der Waals surface area (Å²) in [5.74, 6) is -0.837. The SMILES string of the molecule is CCC(C)C(=O)Nc1nc2c(s1)C(=O)CC(C(=O)N1CCN(C(=O)c3ccco3)CC1)C2. The predicted octanol–water partition coefficient (Wildman–Crippen LogP) is 2.45. The van der Waals surface area contributed by atoms with Gasteiger partial charge in [-0.2, -0.15) is 0 Å². The van der Waals surface area contributed by atoms with Gasteiger partial charge in [-0.1, -0.05) is 25.2 Å². The maximum atomic E-state index is 13.1. The molecule has 1 saturated heterocycles. The average molecular weight is 459 g/mol. The number of amides is 3. The Morgan fingerprint density at radius 2 is 1.94 bits per heavy atom. The highest BCUT2D eigenvalue weighted by Crippen LogP contribution is 2.33. The molecule has 0 saturated carbocycles. The van der Waals surface area contributed by atoms with Gasteiger partial charge < -0.3 is 19.5 Å². The molecule has 3 amide bonds. The van der Waals surface area contributed by atoms with Gasteiger partial charge >= 0.3 is 0 Å². The fourth-order valence-corrected chi connectivity index (χ4v) is 4.86. The van der Waals surface area contributed by atoms with Gasteiger partial charge in [0.1, 0.15) is 0 Å². The van der Waals surface area contributed by atoms with Gasteiger partial charge in [0.25, 0.3) is 5.91 Å². The molecule has 1 aliphatic heterocycles. The molecule has 2 aliphatic rings. The minimum atomic E-state index is -0.470. The number of Topliss-reactive ketones (excluding diaryl/α,β-unsaturated/α-hetero) is 1. The number of rotatable bonds is 5. The third-order valence-corrected chi connectivity index (χ3v) is 7.13. The van der Waals surface area contributed by atoms with Crippen LogP contribution in [0.2, 0.25) is 0 Å². The number of nitrogens with one attached hydrogen (secondary N) is 1. The van der Waals surface area contributed by atoms with Crippen LogP contribution in [-0.4, -0.2) is 64.5 Å². The summed E-state index contributed by atoms with van der Waals surface area (Å²) in [6, 6.07) is 3.29. The standard InChI is InChI=1S/C22H26N4O5S/c1-3-13(2)19(28)24-22-23-15-11-14(12-16(27)18(15)32-22)20(29)25-6-8-26(9-7-25)21(30)17-5-4-10-31-17/h4-5,10,13-14H,3,6-9,11-12H2,1-2H3,(H,23,24,28). The van der Waals surface area contributed by atoms with E-state index in [1.54, 1.807) is 21.9 Å². The first kappa shape index (κ1) is 22.2. The summed E-state index contributed by atoms with van der Waals surface area (Å²) in [5.41, 5.74) is 0.579. The van der Waals surface area contributed by atoms with Gasteiger partial charge in [-0.05, 0) is 18.6 Å². The Bertz CT molecular complexity index is 1020. The van der Waals surface area contributed by atoms with Crippen molar-refractivity contribution in [2.24, 2.45) is 11.8 Å². The fourth-order valence-electron chi connectivity index (χ4n) is 3.92. The third kappa shape index (κ3) is 4.45. The summed E-state index contributed by atoms with van der Waals surface area (Å²) in [6.07, 6.45) is 2.69. The number of nitrogens with zero attached hydrogens (tertiary/aromatic N) is 3. The number of carbonyl (C=O) groups is 4. The van der Waals surface area contributed by atoms with E-state index in [9.17, 15) is 19.2 Å². The monoisotopic (exact) mass is 458 g/mol. The first-order valence-electron chi connectivity index (χ1n) is 10.8. The molecule has 2 aromatic rings. The number of aromatic nitrogens is 1. The molecule has 10 heteroatoms. The zero-order chi connectivity index (χ0) is 22.8. The summed E-state index contributed by atoms with van der Waals surface area (Å²) in [7, 11) is 0. The number of anilines is 1. The first-order valence-corrected chi connectivity index (χ1v) is 11.6. The van der Waals surface area contributed by atoms with Crippen LogP contribution >= 0.6 is 11.3 Å². The van der Waals surface area contributed by atoms with Gasteiger partial charge in [0, 0.05) is 44.9 Å². The molecule has 0 spiro atoms. The average Bonchev–Trinajstić information content (AvgIpc) is 3.47. The van der Waals surface area contributed by atoms with Crippen LogP contribution in [0.3, 0.4) is 0 Å². The summed E-state index contributed by atoms with van der Waals surface area (Å²) in [4.78, 5) is 58.6. The lowest BCUT2D eigenvalue weighted by molar-refractivity contribution is -0.137. The second kappa shape index (κ2) is 9.23. The molecule has 32 heavy (non-hydrogen) atoms. The number of thiazole rings is 1. The van der Waals surface area contributed by atoms with Crippen LogP contribution in [0, 0.1) is 11.8 Å². The number of hydrogen-bond donors (Lipinski definition) is 1. The molecule has 9 nitrogen and oxygen atoms in total.